The van der Waals surface area contributed by atoms with E-state index in [-0.39, 0.29) is 0 Å². The summed E-state index contributed by atoms with van der Waals surface area (Å²) >= 11 is 0. The van der Waals surface area contributed by atoms with Crippen LogP contribution in [0.15, 0.2) is 12.1 Å². The molecule has 0 aliphatic rings. The number of aldehydes is 1. The Morgan fingerprint density at radius 2 is 2.15 bits per heavy atom. The van der Waals surface area contributed by atoms with Crippen molar-refractivity contribution in [3.63, 3.8) is 0 Å². The number of hydrogen-bond acceptors (Lipinski definition) is 2. The third-order valence-corrected chi connectivity index (χ3v) is 1.94. The maximum absolute atomic E-state index is 13.0. The minimum absolute atomic E-state index is 0.332. The highest BCUT2D eigenvalue weighted by molar-refractivity contribution is 5.77. The second-order valence-corrected chi connectivity index (χ2v) is 3.02. The van der Waals surface area contributed by atoms with Gasteiger partial charge in [0.05, 0.1) is 6.10 Å². The van der Waals surface area contributed by atoms with E-state index in [0.29, 0.717) is 23.0 Å². The van der Waals surface area contributed by atoms with Crippen LogP contribution in [-0.2, 0) is 0 Å². The van der Waals surface area contributed by atoms with Crippen LogP contribution in [0.2, 0.25) is 0 Å². The predicted octanol–water partition coefficient (Wildman–Crippen LogP) is 2.00. The number of rotatable bonds is 2. The first-order valence-corrected chi connectivity index (χ1v) is 3.99. The average molecular weight is 182 g/mol. The van der Waals surface area contributed by atoms with Gasteiger partial charge in [-0.05, 0) is 37.1 Å². The monoisotopic (exact) mass is 182 g/mol. The first kappa shape index (κ1) is 9.86. The Morgan fingerprint density at radius 1 is 1.54 bits per heavy atom. The molecule has 1 unspecified atom stereocenters. The van der Waals surface area contributed by atoms with Crippen LogP contribution in [0.1, 0.15) is 34.5 Å². The average Bonchev–Trinajstić information content (AvgIpc) is 2.08. The summed E-state index contributed by atoms with van der Waals surface area (Å²) in [6.07, 6.45) is -0.204. The lowest BCUT2D eigenvalue weighted by Gasteiger charge is -2.09. The van der Waals surface area contributed by atoms with Crippen molar-refractivity contribution in [3.05, 3.63) is 34.6 Å². The minimum atomic E-state index is -0.824. The van der Waals surface area contributed by atoms with Gasteiger partial charge in [-0.1, -0.05) is 0 Å². The van der Waals surface area contributed by atoms with Gasteiger partial charge in [-0.2, -0.15) is 0 Å². The number of carbonyl (C=O) groups is 1. The predicted molar refractivity (Wildman–Crippen MR) is 47.2 cm³/mol. The standard InChI is InChI=1S/C10H11FO2/c1-6-3-8(5-12)9(7(2)13)4-10(6)11/h3-5,7,13H,1-2H3. The van der Waals surface area contributed by atoms with Crippen LogP contribution in [0.25, 0.3) is 0 Å². The lowest BCUT2D eigenvalue weighted by molar-refractivity contribution is 0.111. The van der Waals surface area contributed by atoms with E-state index in [1.54, 1.807) is 6.92 Å². The smallest absolute Gasteiger partial charge is 0.150 e. The number of hydrogen-bond donors (Lipinski definition) is 1. The molecule has 0 amide bonds. The largest absolute Gasteiger partial charge is 0.389 e. The van der Waals surface area contributed by atoms with Crippen LogP contribution in [-0.4, -0.2) is 11.4 Å². The summed E-state index contributed by atoms with van der Waals surface area (Å²) in [5, 5.41) is 9.23. The van der Waals surface area contributed by atoms with Gasteiger partial charge in [0.1, 0.15) is 12.1 Å². The molecule has 70 valence electrons. The van der Waals surface area contributed by atoms with Gasteiger partial charge in [0.15, 0.2) is 0 Å². The molecular weight excluding hydrogens is 171 g/mol. The third kappa shape index (κ3) is 1.92. The van der Waals surface area contributed by atoms with Crippen molar-refractivity contribution in [1.82, 2.24) is 0 Å². The van der Waals surface area contributed by atoms with E-state index in [1.165, 1.54) is 19.1 Å². The van der Waals surface area contributed by atoms with E-state index in [4.69, 9.17) is 0 Å². The molecule has 0 heterocycles. The molecule has 0 bridgehead atoms. The van der Waals surface area contributed by atoms with Gasteiger partial charge in [0.2, 0.25) is 0 Å². The van der Waals surface area contributed by atoms with Crippen LogP contribution in [0, 0.1) is 12.7 Å². The van der Waals surface area contributed by atoms with Crippen molar-refractivity contribution in [2.75, 3.05) is 0 Å². The normalized spacial score (nSPS) is 12.6. The molecule has 1 N–H and O–H groups in total. The van der Waals surface area contributed by atoms with Crippen molar-refractivity contribution in [1.29, 1.82) is 0 Å². The van der Waals surface area contributed by atoms with Gasteiger partial charge in [0, 0.05) is 5.56 Å². The number of aryl methyl sites for hydroxylation is 1. The summed E-state index contributed by atoms with van der Waals surface area (Å²) in [4.78, 5) is 10.6. The number of halogens is 1. The van der Waals surface area contributed by atoms with E-state index < -0.39 is 11.9 Å². The molecule has 13 heavy (non-hydrogen) atoms. The van der Waals surface area contributed by atoms with Crippen molar-refractivity contribution >= 4 is 6.29 Å². The van der Waals surface area contributed by atoms with Crippen LogP contribution in [0.4, 0.5) is 4.39 Å². The number of aliphatic hydroxyl groups excluding tert-OH is 1. The van der Waals surface area contributed by atoms with E-state index >= 15 is 0 Å². The quantitative estimate of drug-likeness (QED) is 0.710. The summed E-state index contributed by atoms with van der Waals surface area (Å²) in [5.74, 6) is -0.401. The molecule has 0 spiro atoms. The molecule has 0 fully saturated rings. The molecular formula is C10H11FO2. The molecule has 3 heteroatoms. The first-order valence-electron chi connectivity index (χ1n) is 3.99. The van der Waals surface area contributed by atoms with Crippen LogP contribution >= 0.6 is 0 Å². The summed E-state index contributed by atoms with van der Waals surface area (Å²) < 4.78 is 13.0. The zero-order chi connectivity index (χ0) is 10.0. The SMILES string of the molecule is Cc1cc(C=O)c(C(C)O)cc1F. The number of carbonyl (C=O) groups excluding carboxylic acids is 1. The molecule has 0 aliphatic carbocycles. The molecule has 1 aromatic rings. The number of benzene rings is 1. The van der Waals surface area contributed by atoms with Crippen LogP contribution in [0.5, 0.6) is 0 Å². The Labute approximate surface area is 76.0 Å². The lowest BCUT2D eigenvalue weighted by atomic mass is 10.0. The highest BCUT2D eigenvalue weighted by Gasteiger charge is 2.10. The highest BCUT2D eigenvalue weighted by Crippen LogP contribution is 2.20. The fourth-order valence-electron chi connectivity index (χ4n) is 1.18. The van der Waals surface area contributed by atoms with Gasteiger partial charge in [-0.15, -0.1) is 0 Å². The molecule has 1 atom stereocenters. The Morgan fingerprint density at radius 3 is 2.62 bits per heavy atom. The zero-order valence-corrected chi connectivity index (χ0v) is 7.54. The summed E-state index contributed by atoms with van der Waals surface area (Å²) in [6.45, 7) is 3.07. The Hall–Kier alpha value is -1.22. The lowest BCUT2D eigenvalue weighted by Crippen LogP contribution is -2.00. The first-order chi connectivity index (χ1) is 6.06. The van der Waals surface area contributed by atoms with Gasteiger partial charge in [-0.3, -0.25) is 4.79 Å². The van der Waals surface area contributed by atoms with Crippen LogP contribution in [0.3, 0.4) is 0 Å². The second kappa shape index (κ2) is 3.66. The summed E-state index contributed by atoms with van der Waals surface area (Å²) in [5.41, 5.74) is 1.08. The summed E-state index contributed by atoms with van der Waals surface area (Å²) in [6, 6.07) is 2.63. The minimum Gasteiger partial charge on any atom is -0.389 e. The molecule has 0 saturated heterocycles. The Bertz CT molecular complexity index is 332. The molecule has 0 aliphatic heterocycles. The maximum Gasteiger partial charge on any atom is 0.150 e. The van der Waals surface area contributed by atoms with Crippen molar-refractivity contribution < 1.29 is 14.3 Å². The van der Waals surface area contributed by atoms with Crippen molar-refractivity contribution in [3.8, 4) is 0 Å². The Kier molecular flexibility index (Phi) is 2.78. The van der Waals surface area contributed by atoms with Crippen LogP contribution < -0.4 is 0 Å². The second-order valence-electron chi connectivity index (χ2n) is 3.02. The van der Waals surface area contributed by atoms with Gasteiger partial charge in [-0.25, -0.2) is 4.39 Å². The molecule has 0 radical (unpaired) electrons. The van der Waals surface area contributed by atoms with E-state index in [9.17, 15) is 14.3 Å². The fourth-order valence-corrected chi connectivity index (χ4v) is 1.18. The maximum atomic E-state index is 13.0. The molecule has 0 aromatic heterocycles. The van der Waals surface area contributed by atoms with Gasteiger partial charge < -0.3 is 5.11 Å². The van der Waals surface area contributed by atoms with E-state index in [0.717, 1.165) is 0 Å². The molecule has 1 rings (SSSR count). The number of aliphatic hydroxyl groups is 1. The third-order valence-electron chi connectivity index (χ3n) is 1.94. The van der Waals surface area contributed by atoms with Gasteiger partial charge in [0.25, 0.3) is 0 Å². The molecule has 1 aromatic carbocycles. The molecule has 2 nitrogen and oxygen atoms in total. The van der Waals surface area contributed by atoms with E-state index in [2.05, 4.69) is 0 Å². The van der Waals surface area contributed by atoms with Crippen molar-refractivity contribution in [2.24, 2.45) is 0 Å². The Balaban J connectivity index is 3.32. The van der Waals surface area contributed by atoms with E-state index in [1.807, 2.05) is 0 Å². The summed E-state index contributed by atoms with van der Waals surface area (Å²) in [7, 11) is 0. The fraction of sp³-hybridized carbons (Fsp3) is 0.300. The van der Waals surface area contributed by atoms with Gasteiger partial charge >= 0.3 is 0 Å². The topological polar surface area (TPSA) is 37.3 Å². The molecule has 0 saturated carbocycles. The highest BCUT2D eigenvalue weighted by atomic mass is 19.1. The van der Waals surface area contributed by atoms with Crippen molar-refractivity contribution in [2.45, 2.75) is 20.0 Å². The zero-order valence-electron chi connectivity index (χ0n) is 7.54.